The molecule has 0 unspecified atom stereocenters. The Morgan fingerprint density at radius 3 is 2.56 bits per heavy atom. The molecule has 6 heteroatoms. The van der Waals surface area contributed by atoms with Gasteiger partial charge in [-0.1, -0.05) is 0 Å². The summed E-state index contributed by atoms with van der Waals surface area (Å²) in [5, 5.41) is 9.80. The highest BCUT2D eigenvalue weighted by Crippen LogP contribution is 2.18. The van der Waals surface area contributed by atoms with Gasteiger partial charge < -0.3 is 10.0 Å². The Bertz CT molecular complexity index is 350. The zero-order chi connectivity index (χ0) is 12.8. The van der Waals surface area contributed by atoms with E-state index in [4.69, 9.17) is 5.11 Å². The van der Waals surface area contributed by atoms with Gasteiger partial charge in [0.1, 0.15) is 5.82 Å². The Labute approximate surface area is 113 Å². The van der Waals surface area contributed by atoms with Crippen LogP contribution in [-0.2, 0) is 0 Å². The van der Waals surface area contributed by atoms with Crippen LogP contribution in [0.4, 0.5) is 5.13 Å². The van der Waals surface area contributed by atoms with Crippen molar-refractivity contribution in [2.45, 2.75) is 26.2 Å². The molecule has 2 heterocycles. The fourth-order valence-electron chi connectivity index (χ4n) is 2.20. The molecule has 102 valence electrons. The minimum atomic E-state index is 0.324. The number of anilines is 1. The highest BCUT2D eigenvalue weighted by atomic mass is 32.1. The standard InChI is InChI=1S/C12H22N4OS/c1-11-13-12(18-14-11)16-8-6-15(7-9-16)5-3-2-4-10-17/h17H,2-10H2,1H3. The molecule has 0 spiro atoms. The monoisotopic (exact) mass is 270 g/mol. The van der Waals surface area contributed by atoms with Crippen molar-refractivity contribution in [3.63, 3.8) is 0 Å². The SMILES string of the molecule is Cc1nsc(N2CCN(CCCCCO)CC2)n1. The topological polar surface area (TPSA) is 52.5 Å². The minimum absolute atomic E-state index is 0.324. The first kappa shape index (κ1) is 13.7. The molecule has 0 radical (unpaired) electrons. The minimum Gasteiger partial charge on any atom is -0.396 e. The average Bonchev–Trinajstić information content (AvgIpc) is 2.82. The first-order valence-corrected chi connectivity index (χ1v) is 7.45. The number of unbranched alkanes of at least 4 members (excludes halogenated alkanes) is 2. The molecule has 1 saturated heterocycles. The van der Waals surface area contributed by atoms with Gasteiger partial charge in [0.05, 0.1) is 0 Å². The third-order valence-corrected chi connectivity index (χ3v) is 4.16. The van der Waals surface area contributed by atoms with E-state index in [1.54, 1.807) is 0 Å². The van der Waals surface area contributed by atoms with E-state index in [-0.39, 0.29) is 0 Å². The molecule has 1 aliphatic heterocycles. The van der Waals surface area contributed by atoms with Gasteiger partial charge in [0.25, 0.3) is 0 Å². The molecule has 2 rings (SSSR count). The normalized spacial score (nSPS) is 17.3. The van der Waals surface area contributed by atoms with Crippen molar-refractivity contribution in [1.82, 2.24) is 14.3 Å². The number of aryl methyl sites for hydroxylation is 1. The summed E-state index contributed by atoms with van der Waals surface area (Å²) in [6.07, 6.45) is 3.26. The quantitative estimate of drug-likeness (QED) is 0.785. The molecule has 0 aromatic carbocycles. The van der Waals surface area contributed by atoms with Crippen LogP contribution in [0.5, 0.6) is 0 Å². The lowest BCUT2D eigenvalue weighted by molar-refractivity contribution is 0.242. The molecular weight excluding hydrogens is 248 g/mol. The summed E-state index contributed by atoms with van der Waals surface area (Å²) in [4.78, 5) is 9.26. The smallest absolute Gasteiger partial charge is 0.205 e. The average molecular weight is 270 g/mol. The maximum atomic E-state index is 8.73. The molecule has 0 amide bonds. The van der Waals surface area contributed by atoms with Gasteiger partial charge in [-0.25, -0.2) is 4.98 Å². The Balaban J connectivity index is 1.68. The van der Waals surface area contributed by atoms with Crippen molar-refractivity contribution in [2.75, 3.05) is 44.2 Å². The lowest BCUT2D eigenvalue weighted by Crippen LogP contribution is -2.46. The van der Waals surface area contributed by atoms with Gasteiger partial charge in [-0.05, 0) is 32.7 Å². The molecule has 5 nitrogen and oxygen atoms in total. The zero-order valence-electron chi connectivity index (χ0n) is 11.0. The molecule has 1 aliphatic rings. The third kappa shape index (κ3) is 3.90. The van der Waals surface area contributed by atoms with E-state index in [9.17, 15) is 0 Å². The van der Waals surface area contributed by atoms with E-state index in [2.05, 4.69) is 19.2 Å². The molecule has 0 aliphatic carbocycles. The van der Waals surface area contributed by atoms with Gasteiger partial charge in [-0.2, -0.15) is 4.37 Å². The Morgan fingerprint density at radius 2 is 1.94 bits per heavy atom. The molecular formula is C12H22N4OS. The first-order chi connectivity index (χ1) is 8.79. The molecule has 0 bridgehead atoms. The molecule has 1 N–H and O–H groups in total. The summed E-state index contributed by atoms with van der Waals surface area (Å²) in [6.45, 7) is 7.74. The largest absolute Gasteiger partial charge is 0.396 e. The Kier molecular flexibility index (Phi) is 5.34. The van der Waals surface area contributed by atoms with Crippen molar-refractivity contribution in [2.24, 2.45) is 0 Å². The fourth-order valence-corrected chi connectivity index (χ4v) is 2.93. The number of hydrogen-bond donors (Lipinski definition) is 1. The summed E-state index contributed by atoms with van der Waals surface area (Å²) >= 11 is 1.50. The van der Waals surface area contributed by atoms with Gasteiger partial charge in [0, 0.05) is 44.3 Å². The van der Waals surface area contributed by atoms with E-state index >= 15 is 0 Å². The lowest BCUT2D eigenvalue weighted by Gasteiger charge is -2.34. The number of aromatic nitrogens is 2. The van der Waals surface area contributed by atoms with Crippen molar-refractivity contribution in [3.8, 4) is 0 Å². The van der Waals surface area contributed by atoms with E-state index in [0.29, 0.717) is 6.61 Å². The summed E-state index contributed by atoms with van der Waals surface area (Å²) in [5.41, 5.74) is 0. The van der Waals surface area contributed by atoms with Crippen molar-refractivity contribution in [1.29, 1.82) is 0 Å². The predicted molar refractivity (Wildman–Crippen MR) is 74.2 cm³/mol. The summed E-state index contributed by atoms with van der Waals surface area (Å²) in [7, 11) is 0. The summed E-state index contributed by atoms with van der Waals surface area (Å²) in [6, 6.07) is 0. The van der Waals surface area contributed by atoms with Crippen LogP contribution in [0.25, 0.3) is 0 Å². The van der Waals surface area contributed by atoms with Crippen LogP contribution in [0.1, 0.15) is 25.1 Å². The van der Waals surface area contributed by atoms with Crippen LogP contribution in [0.3, 0.4) is 0 Å². The second-order valence-electron chi connectivity index (χ2n) is 4.74. The first-order valence-electron chi connectivity index (χ1n) is 6.68. The Hall–Kier alpha value is -0.720. The second kappa shape index (κ2) is 7.01. The van der Waals surface area contributed by atoms with Crippen LogP contribution in [0, 0.1) is 6.92 Å². The molecule has 18 heavy (non-hydrogen) atoms. The van der Waals surface area contributed by atoms with Crippen LogP contribution >= 0.6 is 11.5 Å². The summed E-state index contributed by atoms with van der Waals surface area (Å²) in [5.74, 6) is 0.876. The van der Waals surface area contributed by atoms with Crippen LogP contribution in [0.15, 0.2) is 0 Å². The highest BCUT2D eigenvalue weighted by molar-refractivity contribution is 7.09. The number of hydrogen-bond acceptors (Lipinski definition) is 6. The number of piperazine rings is 1. The number of aliphatic hydroxyl groups is 1. The second-order valence-corrected chi connectivity index (χ2v) is 5.47. The van der Waals surface area contributed by atoms with Gasteiger partial charge in [-0.15, -0.1) is 0 Å². The maximum Gasteiger partial charge on any atom is 0.205 e. The van der Waals surface area contributed by atoms with Gasteiger partial charge in [-0.3, -0.25) is 4.90 Å². The van der Waals surface area contributed by atoms with E-state index < -0.39 is 0 Å². The number of nitrogens with zero attached hydrogens (tertiary/aromatic N) is 4. The van der Waals surface area contributed by atoms with Crippen LogP contribution < -0.4 is 4.90 Å². The van der Waals surface area contributed by atoms with Gasteiger partial charge >= 0.3 is 0 Å². The molecule has 0 saturated carbocycles. The zero-order valence-corrected chi connectivity index (χ0v) is 11.8. The molecule has 0 atom stereocenters. The Morgan fingerprint density at radius 1 is 1.17 bits per heavy atom. The number of rotatable bonds is 6. The third-order valence-electron chi connectivity index (χ3n) is 3.29. The van der Waals surface area contributed by atoms with E-state index in [0.717, 1.165) is 56.5 Å². The van der Waals surface area contributed by atoms with E-state index in [1.165, 1.54) is 18.0 Å². The van der Waals surface area contributed by atoms with Crippen LogP contribution in [0.2, 0.25) is 0 Å². The molecule has 1 aromatic heterocycles. The number of aliphatic hydroxyl groups excluding tert-OH is 1. The lowest BCUT2D eigenvalue weighted by atomic mass is 10.2. The maximum absolute atomic E-state index is 8.73. The summed E-state index contributed by atoms with van der Waals surface area (Å²) < 4.78 is 4.23. The predicted octanol–water partition coefficient (Wildman–Crippen LogP) is 1.13. The highest BCUT2D eigenvalue weighted by Gasteiger charge is 2.18. The van der Waals surface area contributed by atoms with Crippen molar-refractivity contribution >= 4 is 16.7 Å². The molecule has 1 aromatic rings. The van der Waals surface area contributed by atoms with Crippen LogP contribution in [-0.4, -0.2) is 58.7 Å². The van der Waals surface area contributed by atoms with Crippen molar-refractivity contribution in [3.05, 3.63) is 5.82 Å². The molecule has 1 fully saturated rings. The van der Waals surface area contributed by atoms with Crippen molar-refractivity contribution < 1.29 is 5.11 Å². The fraction of sp³-hybridized carbons (Fsp3) is 0.833. The van der Waals surface area contributed by atoms with Gasteiger partial charge in [0.2, 0.25) is 5.13 Å². The van der Waals surface area contributed by atoms with E-state index in [1.807, 2.05) is 6.92 Å². The van der Waals surface area contributed by atoms with Gasteiger partial charge in [0.15, 0.2) is 0 Å².